The SMILES string of the molecule is CCOc1c(C(N)=O)cc([C@@](O)(CNC(=O)c2cc(OC)c3nn(C(F)F)cc3c2)c2ccccc2)nc1-c1ccc(F)c(Cl)c1Cl. The van der Waals surface area contributed by atoms with Gasteiger partial charge in [0.05, 0.1) is 41.6 Å². The smallest absolute Gasteiger partial charge is 0.333 e. The predicted octanol–water partition coefficient (Wildman–Crippen LogP) is 6.11. The third kappa shape index (κ3) is 6.42. The summed E-state index contributed by atoms with van der Waals surface area (Å²) in [5.74, 6) is -2.46. The van der Waals surface area contributed by atoms with E-state index in [4.69, 9.17) is 38.4 Å². The fraction of sp³-hybridized carbons (Fsp3) is 0.188. The summed E-state index contributed by atoms with van der Waals surface area (Å²) in [6, 6.07) is 14.4. The molecule has 1 atom stereocenters. The van der Waals surface area contributed by atoms with Gasteiger partial charge in [-0.3, -0.25) is 9.59 Å². The number of nitrogens with one attached hydrogen (secondary N) is 1. The molecular formula is C32H26Cl2F3N5O5. The molecule has 0 spiro atoms. The zero-order chi connectivity index (χ0) is 34.0. The number of nitrogens with zero attached hydrogens (tertiary/aromatic N) is 3. The first-order valence-electron chi connectivity index (χ1n) is 13.9. The Labute approximate surface area is 275 Å². The number of hydrogen-bond acceptors (Lipinski definition) is 7. The molecule has 0 saturated carbocycles. The molecule has 2 aromatic heterocycles. The maximum absolute atomic E-state index is 14.2. The molecule has 5 rings (SSSR count). The summed E-state index contributed by atoms with van der Waals surface area (Å²) < 4.78 is 52.3. The Balaban J connectivity index is 1.64. The minimum atomic E-state index is -2.91. The number of hydrogen-bond donors (Lipinski definition) is 3. The van der Waals surface area contributed by atoms with Gasteiger partial charge in [-0.25, -0.2) is 14.1 Å². The highest BCUT2D eigenvalue weighted by molar-refractivity contribution is 6.43. The molecule has 0 saturated heterocycles. The van der Waals surface area contributed by atoms with Crippen LogP contribution in [0.1, 0.15) is 45.4 Å². The van der Waals surface area contributed by atoms with E-state index in [2.05, 4.69) is 15.4 Å². The summed E-state index contributed by atoms with van der Waals surface area (Å²) in [6.45, 7) is -1.70. The number of primary amides is 1. The molecule has 0 bridgehead atoms. The Morgan fingerprint density at radius 2 is 1.83 bits per heavy atom. The second-order valence-electron chi connectivity index (χ2n) is 10.2. The quantitative estimate of drug-likeness (QED) is 0.142. The summed E-state index contributed by atoms with van der Waals surface area (Å²) in [5.41, 5.74) is 3.69. The Kier molecular flexibility index (Phi) is 9.61. The summed E-state index contributed by atoms with van der Waals surface area (Å²) in [5, 5.41) is 18.4. The van der Waals surface area contributed by atoms with Gasteiger partial charge in [0.15, 0.2) is 5.75 Å². The molecule has 10 nitrogen and oxygen atoms in total. The Morgan fingerprint density at radius 3 is 2.47 bits per heavy atom. The monoisotopic (exact) mass is 687 g/mol. The zero-order valence-electron chi connectivity index (χ0n) is 24.7. The number of ether oxygens (including phenoxy) is 2. The molecule has 244 valence electrons. The molecular weight excluding hydrogens is 662 g/mol. The van der Waals surface area contributed by atoms with Crippen LogP contribution in [0.4, 0.5) is 13.2 Å². The highest BCUT2D eigenvalue weighted by Gasteiger charge is 2.37. The average Bonchev–Trinajstić information content (AvgIpc) is 3.51. The molecule has 3 aromatic carbocycles. The summed E-state index contributed by atoms with van der Waals surface area (Å²) in [7, 11) is 1.30. The van der Waals surface area contributed by atoms with E-state index in [1.165, 1.54) is 31.4 Å². The van der Waals surface area contributed by atoms with Crippen LogP contribution < -0.4 is 20.5 Å². The molecule has 0 aliphatic rings. The lowest BCUT2D eigenvalue weighted by Crippen LogP contribution is -2.42. The minimum Gasteiger partial charge on any atom is -0.494 e. The van der Waals surface area contributed by atoms with Gasteiger partial charge in [-0.2, -0.15) is 13.9 Å². The highest BCUT2D eigenvalue weighted by atomic mass is 35.5. The first-order chi connectivity index (χ1) is 22.4. The molecule has 15 heteroatoms. The van der Waals surface area contributed by atoms with Gasteiger partial charge in [0.2, 0.25) is 0 Å². The van der Waals surface area contributed by atoms with Crippen molar-refractivity contribution in [2.45, 2.75) is 19.1 Å². The van der Waals surface area contributed by atoms with E-state index in [9.17, 15) is 27.9 Å². The van der Waals surface area contributed by atoms with Gasteiger partial charge < -0.3 is 25.6 Å². The van der Waals surface area contributed by atoms with Gasteiger partial charge in [-0.15, -0.1) is 0 Å². The lowest BCUT2D eigenvalue weighted by atomic mass is 9.88. The van der Waals surface area contributed by atoms with Crippen LogP contribution in [0.3, 0.4) is 0 Å². The Bertz CT molecular complexity index is 1990. The molecule has 2 heterocycles. The van der Waals surface area contributed by atoms with E-state index >= 15 is 0 Å². The second-order valence-corrected chi connectivity index (χ2v) is 10.9. The van der Waals surface area contributed by atoms with Crippen molar-refractivity contribution in [1.29, 1.82) is 0 Å². The normalized spacial score (nSPS) is 12.6. The van der Waals surface area contributed by atoms with Crippen molar-refractivity contribution in [2.24, 2.45) is 5.73 Å². The maximum Gasteiger partial charge on any atom is 0.333 e. The number of aliphatic hydroxyl groups is 1. The van der Waals surface area contributed by atoms with E-state index in [0.717, 1.165) is 12.3 Å². The summed E-state index contributed by atoms with van der Waals surface area (Å²) in [6.07, 6.45) is 1.07. The molecule has 2 amide bonds. The number of alkyl halides is 2. The van der Waals surface area contributed by atoms with Crippen molar-refractivity contribution in [3.8, 4) is 22.8 Å². The summed E-state index contributed by atoms with van der Waals surface area (Å²) in [4.78, 5) is 30.9. The van der Waals surface area contributed by atoms with Crippen molar-refractivity contribution in [2.75, 3.05) is 20.3 Å². The van der Waals surface area contributed by atoms with Crippen LogP contribution >= 0.6 is 23.2 Å². The van der Waals surface area contributed by atoms with E-state index in [1.807, 2.05) is 0 Å². The first kappa shape index (κ1) is 33.5. The zero-order valence-corrected chi connectivity index (χ0v) is 26.2. The lowest BCUT2D eigenvalue weighted by molar-refractivity contribution is 0.0573. The number of nitrogens with two attached hydrogens (primary N) is 1. The van der Waals surface area contributed by atoms with Crippen LogP contribution in [-0.4, -0.2) is 51.9 Å². The van der Waals surface area contributed by atoms with Crippen LogP contribution in [0.25, 0.3) is 22.2 Å². The average molecular weight is 688 g/mol. The highest BCUT2D eigenvalue weighted by Crippen LogP contribution is 2.42. The third-order valence-corrected chi connectivity index (χ3v) is 8.13. The van der Waals surface area contributed by atoms with Crippen molar-refractivity contribution in [3.05, 3.63) is 105 Å². The van der Waals surface area contributed by atoms with Crippen LogP contribution in [0.15, 0.2) is 66.9 Å². The molecule has 0 aliphatic carbocycles. The number of amides is 2. The lowest BCUT2D eigenvalue weighted by Gasteiger charge is -2.30. The standard InChI is InChI=1S/C32H26Cl2F3N5O5/c1-3-47-28-20(29(38)43)13-23(40-27(28)19-9-10-21(35)25(34)24(19)33)32(45,18-7-5-4-6-8-18)15-39-30(44)16-11-17-14-42(31(36)37)41-26(17)22(12-16)46-2/h4-14,31,45H,3,15H2,1-2H3,(H2,38,43)(H,39,44)/t32-/m1/s1. The van der Waals surface area contributed by atoms with Crippen LogP contribution in [0, 0.1) is 5.82 Å². The maximum atomic E-state index is 14.2. The number of rotatable bonds is 11. The Hall–Kier alpha value is -4.85. The van der Waals surface area contributed by atoms with Crippen molar-refractivity contribution in [1.82, 2.24) is 20.1 Å². The van der Waals surface area contributed by atoms with E-state index in [-0.39, 0.29) is 67.7 Å². The van der Waals surface area contributed by atoms with Gasteiger partial charge in [0, 0.05) is 22.7 Å². The molecule has 47 heavy (non-hydrogen) atoms. The molecule has 4 N–H and O–H groups in total. The van der Waals surface area contributed by atoms with Gasteiger partial charge >= 0.3 is 6.55 Å². The van der Waals surface area contributed by atoms with Crippen molar-refractivity contribution >= 4 is 45.9 Å². The Morgan fingerprint density at radius 1 is 1.11 bits per heavy atom. The van der Waals surface area contributed by atoms with E-state index in [0.29, 0.717) is 4.68 Å². The first-order valence-corrected chi connectivity index (χ1v) is 14.7. The molecule has 0 fully saturated rings. The van der Waals surface area contributed by atoms with Crippen LogP contribution in [-0.2, 0) is 5.60 Å². The van der Waals surface area contributed by atoms with Gasteiger partial charge in [-0.1, -0.05) is 53.5 Å². The van der Waals surface area contributed by atoms with Crippen molar-refractivity contribution < 1.29 is 37.3 Å². The van der Waals surface area contributed by atoms with Crippen LogP contribution in [0.5, 0.6) is 11.5 Å². The molecule has 5 aromatic rings. The predicted molar refractivity (Wildman–Crippen MR) is 169 cm³/mol. The number of benzene rings is 3. The molecule has 0 radical (unpaired) electrons. The van der Waals surface area contributed by atoms with Crippen molar-refractivity contribution in [3.63, 3.8) is 0 Å². The number of pyridine rings is 1. The van der Waals surface area contributed by atoms with E-state index in [1.54, 1.807) is 37.3 Å². The number of carbonyl (C=O) groups excluding carboxylic acids is 2. The molecule has 0 unspecified atom stereocenters. The van der Waals surface area contributed by atoms with Gasteiger partial charge in [0.25, 0.3) is 11.8 Å². The fourth-order valence-electron chi connectivity index (χ4n) is 4.98. The summed E-state index contributed by atoms with van der Waals surface area (Å²) >= 11 is 12.5. The van der Waals surface area contributed by atoms with Gasteiger partial charge in [0.1, 0.15) is 28.4 Å². The largest absolute Gasteiger partial charge is 0.494 e. The fourth-order valence-corrected chi connectivity index (χ4v) is 5.39. The number of aromatic nitrogens is 3. The number of fused-ring (bicyclic) bond motifs is 1. The number of halogens is 5. The number of methoxy groups -OCH3 is 1. The third-order valence-electron chi connectivity index (χ3n) is 7.27. The van der Waals surface area contributed by atoms with Crippen LogP contribution in [0.2, 0.25) is 10.0 Å². The second kappa shape index (κ2) is 13.5. The van der Waals surface area contributed by atoms with E-state index < -0.39 is 41.3 Å². The molecule has 0 aliphatic heterocycles. The number of carbonyl (C=O) groups is 2. The topological polar surface area (TPSA) is 142 Å². The minimum absolute atomic E-state index is 0.0180. The van der Waals surface area contributed by atoms with Gasteiger partial charge in [-0.05, 0) is 42.8 Å².